The van der Waals surface area contributed by atoms with Crippen LogP contribution in [0.5, 0.6) is 5.75 Å². The predicted molar refractivity (Wildman–Crippen MR) is 141 cm³/mol. The van der Waals surface area contributed by atoms with Crippen LogP contribution in [-0.2, 0) is 9.59 Å². The monoisotopic (exact) mass is 516 g/mol. The molecule has 2 aliphatic carbocycles. The number of primary amides is 1. The Morgan fingerprint density at radius 1 is 1.08 bits per heavy atom. The zero-order chi connectivity index (χ0) is 26.3. The summed E-state index contributed by atoms with van der Waals surface area (Å²) < 4.78 is 19.7. The molecular weight excluding hydrogens is 479 g/mol. The van der Waals surface area contributed by atoms with E-state index in [9.17, 15) is 14.0 Å². The molecule has 2 amide bonds. The molecular formula is C29H38ClFN2O3. The van der Waals surface area contributed by atoms with Crippen LogP contribution in [0.25, 0.3) is 0 Å². The number of halogens is 2. The lowest BCUT2D eigenvalue weighted by Gasteiger charge is -2.36. The first-order valence-electron chi connectivity index (χ1n) is 12.8. The van der Waals surface area contributed by atoms with E-state index in [0.29, 0.717) is 16.3 Å². The van der Waals surface area contributed by atoms with Gasteiger partial charge in [0.2, 0.25) is 5.91 Å². The molecule has 36 heavy (non-hydrogen) atoms. The molecule has 0 aromatic heterocycles. The van der Waals surface area contributed by atoms with Gasteiger partial charge in [0.1, 0.15) is 11.6 Å². The number of ether oxygens (including phenoxy) is 1. The number of nitrogens with one attached hydrogen (secondary N) is 1. The Hall–Kier alpha value is -2.60. The zero-order valence-corrected chi connectivity index (χ0v) is 22.3. The van der Waals surface area contributed by atoms with Gasteiger partial charge in [0.15, 0.2) is 6.61 Å². The maximum atomic E-state index is 14.7. The summed E-state index contributed by atoms with van der Waals surface area (Å²) in [4.78, 5) is 23.1. The van der Waals surface area contributed by atoms with Gasteiger partial charge in [-0.2, -0.15) is 0 Å². The van der Waals surface area contributed by atoms with Gasteiger partial charge in [0, 0.05) is 11.5 Å². The zero-order valence-electron chi connectivity index (χ0n) is 21.5. The van der Waals surface area contributed by atoms with E-state index in [1.54, 1.807) is 18.2 Å². The number of carbonyl (C=O) groups excluding carboxylic acids is 2. The Labute approximate surface area is 218 Å². The number of nitrogens with two attached hydrogens (primary N) is 1. The summed E-state index contributed by atoms with van der Waals surface area (Å²) in [5.41, 5.74) is 7.26. The molecule has 0 saturated heterocycles. The fourth-order valence-electron chi connectivity index (χ4n) is 5.25. The van der Waals surface area contributed by atoms with Crippen LogP contribution in [0.2, 0.25) is 5.02 Å². The van der Waals surface area contributed by atoms with Crippen molar-refractivity contribution >= 4 is 23.4 Å². The topological polar surface area (TPSA) is 81.4 Å². The SMILES string of the molecule is Cc1ccc(F)c(C(NC(=O)C2CCCC2)C2(C)CCCC2)c1Cl.Cc1ccc(OCC(N)=O)cc1. The second-order valence-corrected chi connectivity index (χ2v) is 10.8. The Morgan fingerprint density at radius 2 is 1.69 bits per heavy atom. The van der Waals surface area contributed by atoms with Gasteiger partial charge >= 0.3 is 0 Å². The summed E-state index contributed by atoms with van der Waals surface area (Å²) in [5, 5.41) is 3.66. The molecule has 1 unspecified atom stereocenters. The first kappa shape index (κ1) is 28.0. The van der Waals surface area contributed by atoms with Crippen LogP contribution in [0.1, 0.15) is 81.0 Å². The van der Waals surface area contributed by atoms with Crippen molar-refractivity contribution in [2.75, 3.05) is 6.61 Å². The minimum Gasteiger partial charge on any atom is -0.484 e. The summed E-state index contributed by atoms with van der Waals surface area (Å²) in [7, 11) is 0. The summed E-state index contributed by atoms with van der Waals surface area (Å²) in [6, 6.07) is 10.3. The van der Waals surface area contributed by atoms with Crippen LogP contribution in [0.3, 0.4) is 0 Å². The highest BCUT2D eigenvalue weighted by atomic mass is 35.5. The van der Waals surface area contributed by atoms with Crippen LogP contribution in [0.15, 0.2) is 36.4 Å². The van der Waals surface area contributed by atoms with Crippen molar-refractivity contribution in [3.8, 4) is 5.75 Å². The quantitative estimate of drug-likeness (QED) is 0.436. The molecule has 5 nitrogen and oxygen atoms in total. The smallest absolute Gasteiger partial charge is 0.255 e. The number of aryl methyl sites for hydroxylation is 2. The molecule has 0 spiro atoms. The molecule has 0 radical (unpaired) electrons. The minimum atomic E-state index is -0.462. The van der Waals surface area contributed by atoms with Crippen molar-refractivity contribution < 1.29 is 18.7 Å². The molecule has 7 heteroatoms. The van der Waals surface area contributed by atoms with Crippen molar-refractivity contribution in [1.29, 1.82) is 0 Å². The van der Waals surface area contributed by atoms with Gasteiger partial charge in [-0.25, -0.2) is 4.39 Å². The van der Waals surface area contributed by atoms with Crippen molar-refractivity contribution in [3.05, 3.63) is 63.9 Å². The second kappa shape index (κ2) is 12.6. The van der Waals surface area contributed by atoms with Crippen molar-refractivity contribution in [2.24, 2.45) is 17.1 Å². The molecule has 0 aliphatic heterocycles. The lowest BCUT2D eigenvalue weighted by atomic mass is 9.76. The Balaban J connectivity index is 0.000000253. The normalized spacial score (nSPS) is 17.7. The van der Waals surface area contributed by atoms with E-state index >= 15 is 0 Å². The van der Waals surface area contributed by atoms with Gasteiger partial charge in [-0.1, -0.05) is 68.0 Å². The van der Waals surface area contributed by atoms with E-state index in [1.807, 2.05) is 26.0 Å². The predicted octanol–water partition coefficient (Wildman–Crippen LogP) is 6.57. The molecule has 196 valence electrons. The number of benzene rings is 2. The largest absolute Gasteiger partial charge is 0.484 e. The Bertz CT molecular complexity index is 1050. The van der Waals surface area contributed by atoms with E-state index in [2.05, 4.69) is 12.2 Å². The highest BCUT2D eigenvalue weighted by molar-refractivity contribution is 6.32. The third-order valence-corrected chi connectivity index (χ3v) is 7.97. The standard InChI is InChI=1S/C20H27ClFNO.C9H11NO2/c1-13-9-10-15(22)16(17(13)21)18(20(2)11-5-6-12-20)23-19(24)14-7-3-4-8-14;1-7-2-4-8(5-3-7)12-6-9(10)11/h9-10,14,18H,3-8,11-12H2,1-2H3,(H,23,24);2-5H,6H2,1H3,(H2,10,11). The molecule has 0 bridgehead atoms. The van der Waals surface area contributed by atoms with Crippen LogP contribution >= 0.6 is 11.6 Å². The fourth-order valence-corrected chi connectivity index (χ4v) is 5.51. The van der Waals surface area contributed by atoms with Crippen LogP contribution in [0.4, 0.5) is 4.39 Å². The van der Waals surface area contributed by atoms with Gasteiger partial charge in [0.05, 0.1) is 11.1 Å². The molecule has 1 atom stereocenters. The maximum absolute atomic E-state index is 14.7. The van der Waals surface area contributed by atoms with Crippen LogP contribution < -0.4 is 15.8 Å². The number of rotatable bonds is 7. The van der Waals surface area contributed by atoms with Gasteiger partial charge in [-0.05, 0) is 68.7 Å². The van der Waals surface area contributed by atoms with Gasteiger partial charge in [-0.3, -0.25) is 9.59 Å². The average Bonchev–Trinajstić information content (AvgIpc) is 3.54. The molecule has 2 aliphatic rings. The number of hydrogen-bond donors (Lipinski definition) is 2. The van der Waals surface area contributed by atoms with Crippen molar-refractivity contribution in [1.82, 2.24) is 5.32 Å². The first-order valence-corrected chi connectivity index (χ1v) is 13.2. The summed E-state index contributed by atoms with van der Waals surface area (Å²) in [6.45, 7) is 5.97. The summed E-state index contributed by atoms with van der Waals surface area (Å²) >= 11 is 6.49. The molecule has 4 rings (SSSR count). The Kier molecular flexibility index (Phi) is 9.77. The highest BCUT2D eigenvalue weighted by Gasteiger charge is 2.42. The second-order valence-electron chi connectivity index (χ2n) is 10.4. The van der Waals surface area contributed by atoms with E-state index < -0.39 is 5.91 Å². The molecule has 0 heterocycles. The van der Waals surface area contributed by atoms with E-state index in [-0.39, 0.29) is 35.7 Å². The average molecular weight is 517 g/mol. The highest BCUT2D eigenvalue weighted by Crippen LogP contribution is 2.49. The van der Waals surface area contributed by atoms with Crippen LogP contribution in [-0.4, -0.2) is 18.4 Å². The number of hydrogen-bond acceptors (Lipinski definition) is 3. The Morgan fingerprint density at radius 3 is 2.28 bits per heavy atom. The fraction of sp³-hybridized carbons (Fsp3) is 0.517. The van der Waals surface area contributed by atoms with E-state index in [0.717, 1.165) is 62.5 Å². The van der Waals surface area contributed by atoms with Gasteiger partial charge in [-0.15, -0.1) is 0 Å². The third kappa shape index (κ3) is 7.22. The summed E-state index contributed by atoms with van der Waals surface area (Å²) in [6.07, 6.45) is 8.34. The van der Waals surface area contributed by atoms with Crippen molar-refractivity contribution in [2.45, 2.75) is 78.2 Å². The number of amides is 2. The van der Waals surface area contributed by atoms with Crippen molar-refractivity contribution in [3.63, 3.8) is 0 Å². The first-order chi connectivity index (χ1) is 17.1. The third-order valence-electron chi connectivity index (χ3n) is 7.47. The lowest BCUT2D eigenvalue weighted by Crippen LogP contribution is -2.41. The van der Waals surface area contributed by atoms with Gasteiger partial charge < -0.3 is 15.8 Å². The minimum absolute atomic E-state index is 0.0664. The van der Waals surface area contributed by atoms with Crippen LogP contribution in [0, 0.1) is 31.0 Å². The number of carbonyl (C=O) groups is 2. The van der Waals surface area contributed by atoms with Gasteiger partial charge in [0.25, 0.3) is 5.91 Å². The molecule has 2 fully saturated rings. The lowest BCUT2D eigenvalue weighted by molar-refractivity contribution is -0.126. The molecule has 2 aromatic rings. The summed E-state index contributed by atoms with van der Waals surface area (Å²) in [5.74, 6) is 0.0390. The molecule has 2 saturated carbocycles. The van der Waals surface area contributed by atoms with E-state index in [4.69, 9.17) is 22.1 Å². The molecule has 3 N–H and O–H groups in total. The maximum Gasteiger partial charge on any atom is 0.255 e. The molecule has 2 aromatic carbocycles. The van der Waals surface area contributed by atoms with E-state index in [1.165, 1.54) is 6.07 Å².